The first-order valence-electron chi connectivity index (χ1n) is 6.24. The van der Waals surface area contributed by atoms with Gasteiger partial charge in [0.25, 0.3) is 0 Å². The molecular weight excluding hydrogens is 289 g/mol. The van der Waals surface area contributed by atoms with Crippen LogP contribution in [0.2, 0.25) is 0 Å². The minimum absolute atomic E-state index is 0.0512. The van der Waals surface area contributed by atoms with Gasteiger partial charge in [0, 0.05) is 11.6 Å². The first-order valence-corrected chi connectivity index (χ1v) is 6.24. The molecule has 112 valence electrons. The van der Waals surface area contributed by atoms with Crippen LogP contribution in [0.4, 0.5) is 22.0 Å². The van der Waals surface area contributed by atoms with Gasteiger partial charge in [0.05, 0.1) is 11.3 Å². The van der Waals surface area contributed by atoms with Gasteiger partial charge >= 0.3 is 0 Å². The lowest BCUT2D eigenvalue weighted by molar-refractivity contribution is 0.462. The van der Waals surface area contributed by atoms with Crippen LogP contribution in [-0.4, -0.2) is 4.98 Å². The molecule has 0 unspecified atom stereocenters. The molecule has 0 bridgehead atoms. The Bertz CT molecular complexity index is 684. The van der Waals surface area contributed by atoms with Gasteiger partial charge in [-0.05, 0) is 24.5 Å². The van der Waals surface area contributed by atoms with E-state index in [0.29, 0.717) is 6.07 Å². The highest BCUT2D eigenvalue weighted by Crippen LogP contribution is 2.36. The largest absolute Gasteiger partial charge is 0.250 e. The number of aryl methyl sites for hydroxylation is 1. The maximum Gasteiger partial charge on any atom is 0.250 e. The minimum atomic E-state index is -1.59. The number of nitrogens with zero attached hydrogens (tertiary/aromatic N) is 1. The molecule has 1 aromatic heterocycles. The van der Waals surface area contributed by atoms with Gasteiger partial charge < -0.3 is 0 Å². The van der Waals surface area contributed by atoms with Crippen molar-refractivity contribution >= 4 is 0 Å². The van der Waals surface area contributed by atoms with E-state index in [4.69, 9.17) is 0 Å². The lowest BCUT2D eigenvalue weighted by atomic mass is 9.91. The van der Waals surface area contributed by atoms with Crippen LogP contribution in [0.25, 0.3) is 11.1 Å². The van der Waals surface area contributed by atoms with Crippen molar-refractivity contribution in [3.8, 4) is 11.1 Å². The van der Waals surface area contributed by atoms with Crippen molar-refractivity contribution in [3.63, 3.8) is 0 Å². The van der Waals surface area contributed by atoms with Gasteiger partial charge in [-0.2, -0.15) is 4.39 Å². The number of hydrogen-bond donors (Lipinski definition) is 0. The molecule has 21 heavy (non-hydrogen) atoms. The summed E-state index contributed by atoms with van der Waals surface area (Å²) in [4.78, 5) is 3.07. The Hall–Kier alpha value is -1.98. The molecule has 1 aromatic carbocycles. The lowest BCUT2D eigenvalue weighted by Gasteiger charge is -2.16. The van der Waals surface area contributed by atoms with E-state index in [1.54, 1.807) is 13.8 Å². The van der Waals surface area contributed by atoms with E-state index >= 15 is 0 Å². The summed E-state index contributed by atoms with van der Waals surface area (Å²) < 4.78 is 68.8. The van der Waals surface area contributed by atoms with Crippen LogP contribution in [-0.2, 0) is 0 Å². The van der Waals surface area contributed by atoms with Crippen molar-refractivity contribution in [3.05, 3.63) is 52.6 Å². The SMILES string of the molecule is Cc1nc(F)c(F)c(-c2c(F)cc(F)cc2C(C)C)c1F. The first kappa shape index (κ1) is 15.4. The van der Waals surface area contributed by atoms with Gasteiger partial charge in [-0.15, -0.1) is 0 Å². The second-order valence-electron chi connectivity index (χ2n) is 5.00. The Balaban J connectivity index is 2.91. The normalized spacial score (nSPS) is 11.3. The van der Waals surface area contributed by atoms with Crippen LogP contribution in [0.3, 0.4) is 0 Å². The maximum absolute atomic E-state index is 14.1. The molecule has 0 amide bonds. The molecule has 1 heterocycles. The molecule has 0 spiro atoms. The maximum atomic E-state index is 14.1. The molecule has 2 rings (SSSR count). The Morgan fingerprint density at radius 1 is 0.905 bits per heavy atom. The third-order valence-electron chi connectivity index (χ3n) is 3.16. The van der Waals surface area contributed by atoms with Crippen molar-refractivity contribution < 1.29 is 22.0 Å². The number of halogens is 5. The second kappa shape index (κ2) is 5.42. The summed E-state index contributed by atoms with van der Waals surface area (Å²) in [6.07, 6.45) is 0. The van der Waals surface area contributed by atoms with Gasteiger partial charge in [-0.25, -0.2) is 22.5 Å². The number of benzene rings is 1. The summed E-state index contributed by atoms with van der Waals surface area (Å²) in [7, 11) is 0. The third kappa shape index (κ3) is 2.62. The van der Waals surface area contributed by atoms with Gasteiger partial charge in [0.2, 0.25) is 5.95 Å². The molecule has 0 N–H and O–H groups in total. The van der Waals surface area contributed by atoms with E-state index in [2.05, 4.69) is 4.98 Å². The molecule has 0 saturated carbocycles. The summed E-state index contributed by atoms with van der Waals surface area (Å²) in [5.41, 5.74) is -1.69. The zero-order chi connectivity index (χ0) is 15.9. The average Bonchev–Trinajstić information content (AvgIpc) is 2.38. The number of hydrogen-bond acceptors (Lipinski definition) is 1. The second-order valence-corrected chi connectivity index (χ2v) is 5.00. The fourth-order valence-electron chi connectivity index (χ4n) is 2.16. The average molecular weight is 301 g/mol. The van der Waals surface area contributed by atoms with Crippen molar-refractivity contribution in [1.82, 2.24) is 4.98 Å². The number of aromatic nitrogens is 1. The van der Waals surface area contributed by atoms with Crippen molar-refractivity contribution in [2.24, 2.45) is 0 Å². The molecule has 0 aliphatic heterocycles. The van der Waals surface area contributed by atoms with E-state index in [0.717, 1.165) is 13.0 Å². The van der Waals surface area contributed by atoms with E-state index in [9.17, 15) is 22.0 Å². The topological polar surface area (TPSA) is 12.9 Å². The van der Waals surface area contributed by atoms with Crippen molar-refractivity contribution in [1.29, 1.82) is 0 Å². The lowest BCUT2D eigenvalue weighted by Crippen LogP contribution is -2.06. The number of pyridine rings is 1. The minimum Gasteiger partial charge on any atom is -0.219 e. The van der Waals surface area contributed by atoms with Crippen LogP contribution in [0.5, 0.6) is 0 Å². The zero-order valence-corrected chi connectivity index (χ0v) is 11.6. The predicted molar refractivity (Wildman–Crippen MR) is 68.3 cm³/mol. The molecule has 1 nitrogen and oxygen atoms in total. The summed E-state index contributed by atoms with van der Waals surface area (Å²) >= 11 is 0. The van der Waals surface area contributed by atoms with Crippen LogP contribution >= 0.6 is 0 Å². The third-order valence-corrected chi connectivity index (χ3v) is 3.16. The summed E-state index contributed by atoms with van der Waals surface area (Å²) in [6, 6.07) is 1.49. The van der Waals surface area contributed by atoms with Gasteiger partial charge in [-0.1, -0.05) is 13.8 Å². The Morgan fingerprint density at radius 3 is 2.10 bits per heavy atom. The van der Waals surface area contributed by atoms with E-state index in [1.807, 2.05) is 0 Å². The zero-order valence-electron chi connectivity index (χ0n) is 11.6. The molecule has 0 saturated heterocycles. The van der Waals surface area contributed by atoms with Gasteiger partial charge in [0.15, 0.2) is 11.6 Å². The summed E-state index contributed by atoms with van der Waals surface area (Å²) in [6.45, 7) is 4.35. The highest BCUT2D eigenvalue weighted by molar-refractivity contribution is 5.70. The van der Waals surface area contributed by atoms with Crippen LogP contribution in [0, 0.1) is 36.1 Å². The standard InChI is InChI=1S/C15H12F5N/c1-6(2)9-4-8(16)5-10(17)11(9)12-13(18)7(3)21-15(20)14(12)19/h4-6H,1-3H3. The smallest absolute Gasteiger partial charge is 0.219 e. The highest BCUT2D eigenvalue weighted by atomic mass is 19.2. The van der Waals surface area contributed by atoms with E-state index < -0.39 is 52.0 Å². The van der Waals surface area contributed by atoms with Gasteiger partial charge in [-0.3, -0.25) is 0 Å². The highest BCUT2D eigenvalue weighted by Gasteiger charge is 2.26. The molecular formula is C15H12F5N. The molecule has 0 radical (unpaired) electrons. The Labute approximate surface area is 118 Å². The Kier molecular flexibility index (Phi) is 3.98. The molecule has 0 aliphatic carbocycles. The van der Waals surface area contributed by atoms with Crippen molar-refractivity contribution in [2.75, 3.05) is 0 Å². The summed E-state index contributed by atoms with van der Waals surface area (Å²) in [5, 5.41) is 0. The van der Waals surface area contributed by atoms with Gasteiger partial charge in [0.1, 0.15) is 11.6 Å². The van der Waals surface area contributed by atoms with Crippen molar-refractivity contribution in [2.45, 2.75) is 26.7 Å². The number of rotatable bonds is 2. The molecule has 0 aliphatic rings. The quantitative estimate of drug-likeness (QED) is 0.569. The summed E-state index contributed by atoms with van der Waals surface area (Å²) in [5.74, 6) is -6.72. The Morgan fingerprint density at radius 2 is 1.52 bits per heavy atom. The molecule has 0 atom stereocenters. The van der Waals surface area contributed by atoms with Crippen LogP contribution in [0.1, 0.15) is 31.0 Å². The molecule has 2 aromatic rings. The van der Waals surface area contributed by atoms with E-state index in [-0.39, 0.29) is 5.56 Å². The van der Waals surface area contributed by atoms with E-state index in [1.165, 1.54) is 0 Å². The monoisotopic (exact) mass is 301 g/mol. The fraction of sp³-hybridized carbons (Fsp3) is 0.267. The van der Waals surface area contributed by atoms with Crippen LogP contribution < -0.4 is 0 Å². The molecule has 6 heteroatoms. The first-order chi connectivity index (χ1) is 9.73. The van der Waals surface area contributed by atoms with Crippen LogP contribution in [0.15, 0.2) is 12.1 Å². The predicted octanol–water partition coefficient (Wildman–Crippen LogP) is 4.88. The fourth-order valence-corrected chi connectivity index (χ4v) is 2.16. The molecule has 0 fully saturated rings.